The summed E-state index contributed by atoms with van der Waals surface area (Å²) >= 11 is 0. The van der Waals surface area contributed by atoms with Crippen LogP contribution in [0.1, 0.15) is 24.5 Å². The van der Waals surface area contributed by atoms with Crippen LogP contribution in [0, 0.1) is 12.8 Å². The Labute approximate surface area is 104 Å². The van der Waals surface area contributed by atoms with Gasteiger partial charge < -0.3 is 4.90 Å². The Hall–Kier alpha value is -0.530. The van der Waals surface area contributed by atoms with Crippen molar-refractivity contribution in [2.75, 3.05) is 13.6 Å². The Balaban J connectivity index is 0.000000963. The molecule has 0 radical (unpaired) electrons. The maximum absolute atomic E-state index is 2.51. The Morgan fingerprint density at radius 1 is 1.25 bits per heavy atom. The van der Waals surface area contributed by atoms with Gasteiger partial charge in [0.05, 0.1) is 0 Å². The first-order chi connectivity index (χ1) is 7.13. The first-order valence-corrected chi connectivity index (χ1v) is 5.91. The Kier molecular flexibility index (Phi) is 2.80. The molecule has 1 nitrogen and oxygen atoms in total. The molecule has 3 unspecified atom stereocenters. The molecule has 2 fully saturated rings. The van der Waals surface area contributed by atoms with Gasteiger partial charge in [-0.3, -0.25) is 0 Å². The van der Waals surface area contributed by atoms with E-state index in [1.54, 1.807) is 5.56 Å². The predicted octanol–water partition coefficient (Wildman–Crippen LogP) is 3.01. The number of piperidine rings is 1. The topological polar surface area (TPSA) is 3.24 Å². The van der Waals surface area contributed by atoms with Crippen LogP contribution < -0.4 is 0 Å². The number of halogens is 1. The molecule has 1 saturated heterocycles. The van der Waals surface area contributed by atoms with Crippen LogP contribution >= 0.6 is 12.4 Å². The van der Waals surface area contributed by atoms with Crippen LogP contribution in [-0.2, 0) is 5.41 Å². The van der Waals surface area contributed by atoms with Crippen molar-refractivity contribution in [2.24, 2.45) is 5.92 Å². The van der Waals surface area contributed by atoms with Gasteiger partial charge in [-0.15, -0.1) is 12.4 Å². The summed E-state index contributed by atoms with van der Waals surface area (Å²) in [5, 5.41) is 0. The largest absolute Gasteiger partial charge is 0.302 e. The maximum atomic E-state index is 2.51. The summed E-state index contributed by atoms with van der Waals surface area (Å²) in [5.41, 5.74) is 3.45. The molecule has 0 aromatic heterocycles. The molecule has 1 aromatic rings. The zero-order chi connectivity index (χ0) is 10.6. The van der Waals surface area contributed by atoms with E-state index >= 15 is 0 Å². The average molecular weight is 238 g/mol. The second-order valence-corrected chi connectivity index (χ2v) is 5.49. The second-order valence-electron chi connectivity index (χ2n) is 5.49. The first-order valence-electron chi connectivity index (χ1n) is 5.91. The zero-order valence-corrected chi connectivity index (χ0v) is 11.1. The lowest BCUT2D eigenvalue weighted by Gasteiger charge is -2.19. The lowest BCUT2D eigenvalue weighted by molar-refractivity contribution is 0.284. The number of hydrogen-bond donors (Lipinski definition) is 0. The third-order valence-electron chi connectivity index (χ3n) is 4.57. The summed E-state index contributed by atoms with van der Waals surface area (Å²) in [5.74, 6) is 0.908. The number of rotatable bonds is 1. The molecule has 88 valence electrons. The van der Waals surface area contributed by atoms with Crippen molar-refractivity contribution in [3.63, 3.8) is 0 Å². The monoisotopic (exact) mass is 237 g/mol. The fourth-order valence-electron chi connectivity index (χ4n) is 3.35. The van der Waals surface area contributed by atoms with Gasteiger partial charge in [0.1, 0.15) is 0 Å². The van der Waals surface area contributed by atoms with Gasteiger partial charge in [0.2, 0.25) is 0 Å². The van der Waals surface area contributed by atoms with E-state index in [2.05, 4.69) is 50.1 Å². The van der Waals surface area contributed by atoms with E-state index in [1.165, 1.54) is 18.5 Å². The number of likely N-dealkylation sites (N-methyl/N-ethyl adjacent to an activating group) is 1. The van der Waals surface area contributed by atoms with E-state index in [0.717, 1.165) is 12.0 Å². The Morgan fingerprint density at radius 3 is 2.38 bits per heavy atom. The molecule has 2 aliphatic rings. The molecule has 3 atom stereocenters. The molecule has 16 heavy (non-hydrogen) atoms. The van der Waals surface area contributed by atoms with E-state index in [0.29, 0.717) is 5.41 Å². The van der Waals surface area contributed by atoms with E-state index in [9.17, 15) is 0 Å². The average Bonchev–Trinajstić information content (AvgIpc) is 2.87. The summed E-state index contributed by atoms with van der Waals surface area (Å²) in [6.45, 7) is 5.78. The van der Waals surface area contributed by atoms with Crippen LogP contribution in [0.5, 0.6) is 0 Å². The van der Waals surface area contributed by atoms with Crippen molar-refractivity contribution >= 4 is 12.4 Å². The fraction of sp³-hybridized carbons (Fsp3) is 0.571. The van der Waals surface area contributed by atoms with Crippen LogP contribution in [0.15, 0.2) is 24.3 Å². The van der Waals surface area contributed by atoms with Crippen molar-refractivity contribution in [1.29, 1.82) is 0 Å². The third-order valence-corrected chi connectivity index (χ3v) is 4.57. The first kappa shape index (κ1) is 11.9. The molecule has 1 aliphatic heterocycles. The minimum atomic E-state index is 0. The predicted molar refractivity (Wildman–Crippen MR) is 70.3 cm³/mol. The molecule has 0 spiro atoms. The van der Waals surface area contributed by atoms with E-state index in [-0.39, 0.29) is 12.4 Å². The molecule has 3 rings (SSSR count). The van der Waals surface area contributed by atoms with Gasteiger partial charge in [0, 0.05) is 18.0 Å². The highest BCUT2D eigenvalue weighted by atomic mass is 35.5. The lowest BCUT2D eigenvalue weighted by Crippen LogP contribution is -2.27. The van der Waals surface area contributed by atoms with Gasteiger partial charge >= 0.3 is 0 Å². The molecule has 1 aromatic carbocycles. The number of likely N-dealkylation sites (tertiary alicyclic amines) is 1. The molecule has 0 N–H and O–H groups in total. The lowest BCUT2D eigenvalue weighted by atomic mass is 9.94. The maximum Gasteiger partial charge on any atom is 0.0127 e. The number of nitrogens with zero attached hydrogens (tertiary/aromatic N) is 1. The fourth-order valence-corrected chi connectivity index (χ4v) is 3.35. The molecule has 1 heterocycles. The van der Waals surface area contributed by atoms with Crippen LogP contribution in [0.25, 0.3) is 0 Å². The Bertz CT molecular complexity index is 386. The normalized spacial score (nSPS) is 36.7. The van der Waals surface area contributed by atoms with Crippen LogP contribution in [0.3, 0.4) is 0 Å². The van der Waals surface area contributed by atoms with Crippen LogP contribution in [-0.4, -0.2) is 24.5 Å². The molecule has 2 heteroatoms. The van der Waals surface area contributed by atoms with Gasteiger partial charge in [0.15, 0.2) is 0 Å². The molecular formula is C14H20ClN. The van der Waals surface area contributed by atoms with Crippen molar-refractivity contribution < 1.29 is 0 Å². The Morgan fingerprint density at radius 2 is 1.88 bits per heavy atom. The summed E-state index contributed by atoms with van der Waals surface area (Å²) in [4.78, 5) is 2.51. The SMILES string of the molecule is Cc1ccc(C23CC2C(C)N(C)C3)cc1.Cl. The van der Waals surface area contributed by atoms with Gasteiger partial charge in [-0.1, -0.05) is 29.8 Å². The highest BCUT2D eigenvalue weighted by molar-refractivity contribution is 5.85. The van der Waals surface area contributed by atoms with Gasteiger partial charge in [-0.2, -0.15) is 0 Å². The van der Waals surface area contributed by atoms with Crippen LogP contribution in [0.4, 0.5) is 0 Å². The van der Waals surface area contributed by atoms with Gasteiger partial charge in [0.25, 0.3) is 0 Å². The van der Waals surface area contributed by atoms with Gasteiger partial charge in [-0.25, -0.2) is 0 Å². The summed E-state index contributed by atoms with van der Waals surface area (Å²) in [7, 11) is 2.26. The standard InChI is InChI=1S/C14H19N.ClH/c1-10-4-6-12(7-5-10)14-8-13(14)11(2)15(3)9-14;/h4-7,11,13H,8-9H2,1-3H3;1H. The van der Waals surface area contributed by atoms with E-state index in [1.807, 2.05) is 0 Å². The minimum Gasteiger partial charge on any atom is -0.302 e. The van der Waals surface area contributed by atoms with Crippen LogP contribution in [0.2, 0.25) is 0 Å². The number of hydrogen-bond acceptors (Lipinski definition) is 1. The van der Waals surface area contributed by atoms with Crippen molar-refractivity contribution in [2.45, 2.75) is 31.7 Å². The summed E-state index contributed by atoms with van der Waals surface area (Å²) < 4.78 is 0. The van der Waals surface area contributed by atoms with Gasteiger partial charge in [-0.05, 0) is 38.8 Å². The summed E-state index contributed by atoms with van der Waals surface area (Å²) in [6.07, 6.45) is 1.40. The molecule has 0 bridgehead atoms. The zero-order valence-electron chi connectivity index (χ0n) is 10.2. The smallest absolute Gasteiger partial charge is 0.0127 e. The highest BCUT2D eigenvalue weighted by Crippen LogP contribution is 2.61. The molecular weight excluding hydrogens is 218 g/mol. The van der Waals surface area contributed by atoms with E-state index in [4.69, 9.17) is 0 Å². The second kappa shape index (κ2) is 3.75. The van der Waals surface area contributed by atoms with E-state index < -0.39 is 0 Å². The molecule has 1 aliphatic carbocycles. The quantitative estimate of drug-likeness (QED) is 0.726. The van der Waals surface area contributed by atoms with Crippen molar-refractivity contribution in [3.05, 3.63) is 35.4 Å². The summed E-state index contributed by atoms with van der Waals surface area (Å²) in [6, 6.07) is 9.94. The number of aryl methyl sites for hydroxylation is 1. The molecule has 1 saturated carbocycles. The number of benzene rings is 1. The van der Waals surface area contributed by atoms with Crippen molar-refractivity contribution in [1.82, 2.24) is 4.90 Å². The minimum absolute atomic E-state index is 0. The van der Waals surface area contributed by atoms with Crippen molar-refractivity contribution in [3.8, 4) is 0 Å². The number of fused-ring (bicyclic) bond motifs is 1. The third kappa shape index (κ3) is 1.49. The molecule has 0 amide bonds. The highest BCUT2D eigenvalue weighted by Gasteiger charge is 2.63.